The molecule has 26 heavy (non-hydrogen) atoms. The molecule has 8 heteroatoms. The molecule has 2 rings (SSSR count). The summed E-state index contributed by atoms with van der Waals surface area (Å²) in [5.74, 6) is -1.59. The van der Waals surface area contributed by atoms with Crippen LogP contribution in [0.4, 0.5) is 0 Å². The van der Waals surface area contributed by atoms with Gasteiger partial charge in [0.1, 0.15) is 6.04 Å². The average Bonchev–Trinajstić information content (AvgIpc) is 3.13. The Morgan fingerprint density at radius 2 is 1.73 bits per heavy atom. The largest absolute Gasteiger partial charge is 0.480 e. The molecule has 0 aromatic heterocycles. The topological polar surface area (TPSA) is 104 Å². The minimum Gasteiger partial charge on any atom is -0.480 e. The van der Waals surface area contributed by atoms with E-state index in [4.69, 9.17) is 5.11 Å². The molecule has 2 N–H and O–H groups in total. The fourth-order valence-corrected chi connectivity index (χ4v) is 4.44. The summed E-state index contributed by atoms with van der Waals surface area (Å²) < 4.78 is 26.4. The molecule has 1 aliphatic heterocycles. The van der Waals surface area contributed by atoms with Gasteiger partial charge in [0.05, 0.1) is 4.90 Å². The highest BCUT2D eigenvalue weighted by Gasteiger charge is 2.27. The van der Waals surface area contributed by atoms with Crippen LogP contribution in [0.15, 0.2) is 29.2 Å². The van der Waals surface area contributed by atoms with Gasteiger partial charge in [0.2, 0.25) is 15.9 Å². The van der Waals surface area contributed by atoms with Crippen LogP contribution < -0.4 is 5.32 Å². The summed E-state index contributed by atoms with van der Waals surface area (Å²) in [5.41, 5.74) is 0.831. The normalized spacial score (nSPS) is 16.6. The second-order valence-electron chi connectivity index (χ2n) is 6.88. The van der Waals surface area contributed by atoms with Gasteiger partial charge in [0.25, 0.3) is 0 Å². The summed E-state index contributed by atoms with van der Waals surface area (Å²) in [7, 11) is -3.43. The van der Waals surface area contributed by atoms with Crippen molar-refractivity contribution in [3.05, 3.63) is 29.8 Å². The number of carbonyl (C=O) groups is 2. The maximum absolute atomic E-state index is 12.5. The maximum Gasteiger partial charge on any atom is 0.326 e. The first-order valence-electron chi connectivity index (χ1n) is 8.83. The van der Waals surface area contributed by atoms with E-state index in [-0.39, 0.29) is 23.1 Å². The third-order valence-electron chi connectivity index (χ3n) is 4.52. The lowest BCUT2D eigenvalue weighted by Gasteiger charge is -2.18. The first-order chi connectivity index (χ1) is 12.2. The van der Waals surface area contributed by atoms with Gasteiger partial charge < -0.3 is 10.4 Å². The van der Waals surface area contributed by atoms with Gasteiger partial charge in [-0.2, -0.15) is 4.31 Å². The Balaban J connectivity index is 1.93. The third-order valence-corrected chi connectivity index (χ3v) is 6.43. The van der Waals surface area contributed by atoms with Crippen LogP contribution in [-0.2, 0) is 26.0 Å². The molecule has 1 atom stereocenters. The van der Waals surface area contributed by atoms with Crippen molar-refractivity contribution in [1.29, 1.82) is 0 Å². The number of nitrogens with one attached hydrogen (secondary N) is 1. The van der Waals surface area contributed by atoms with E-state index in [0.29, 0.717) is 19.5 Å². The van der Waals surface area contributed by atoms with E-state index in [2.05, 4.69) is 5.32 Å². The minimum atomic E-state index is -3.43. The molecule has 7 nitrogen and oxygen atoms in total. The molecular formula is C18H26N2O5S. The quantitative estimate of drug-likeness (QED) is 0.711. The number of hydrogen-bond acceptors (Lipinski definition) is 4. The second kappa shape index (κ2) is 8.64. The van der Waals surface area contributed by atoms with E-state index in [9.17, 15) is 18.0 Å². The van der Waals surface area contributed by atoms with E-state index in [1.165, 1.54) is 4.31 Å². The van der Waals surface area contributed by atoms with Crippen LogP contribution in [0.2, 0.25) is 0 Å². The molecule has 1 aliphatic rings. The number of aliphatic carboxylic acids is 1. The number of benzene rings is 1. The SMILES string of the molecule is CC(C)[C@@H](NC(=O)CCc1ccc(S(=O)(=O)N2CCCC2)cc1)C(=O)O. The van der Waals surface area contributed by atoms with E-state index in [1.807, 2.05) is 0 Å². The summed E-state index contributed by atoms with van der Waals surface area (Å²) in [4.78, 5) is 23.3. The molecule has 0 aliphatic carbocycles. The fraction of sp³-hybridized carbons (Fsp3) is 0.556. The number of carboxylic acids is 1. The number of amides is 1. The van der Waals surface area contributed by atoms with Crippen LogP contribution in [0.25, 0.3) is 0 Å². The molecule has 1 saturated heterocycles. The predicted octanol–water partition coefficient (Wildman–Crippen LogP) is 1.63. The molecule has 0 spiro atoms. The van der Waals surface area contributed by atoms with Crippen LogP contribution in [0.5, 0.6) is 0 Å². The Labute approximate surface area is 154 Å². The lowest BCUT2D eigenvalue weighted by molar-refractivity contribution is -0.143. The van der Waals surface area contributed by atoms with E-state index in [0.717, 1.165) is 18.4 Å². The highest BCUT2D eigenvalue weighted by molar-refractivity contribution is 7.89. The molecule has 0 unspecified atom stereocenters. The molecule has 0 radical (unpaired) electrons. The van der Waals surface area contributed by atoms with Crippen LogP contribution in [0, 0.1) is 5.92 Å². The number of hydrogen-bond donors (Lipinski definition) is 2. The highest BCUT2D eigenvalue weighted by atomic mass is 32.2. The van der Waals surface area contributed by atoms with Crippen LogP contribution in [-0.4, -0.2) is 48.8 Å². The molecule has 0 saturated carbocycles. The molecular weight excluding hydrogens is 356 g/mol. The molecule has 144 valence electrons. The predicted molar refractivity (Wildman–Crippen MR) is 97.2 cm³/mol. The monoisotopic (exact) mass is 382 g/mol. The number of carbonyl (C=O) groups excluding carboxylic acids is 1. The number of rotatable bonds is 8. The van der Waals surface area contributed by atoms with Crippen LogP contribution in [0.3, 0.4) is 0 Å². The zero-order valence-electron chi connectivity index (χ0n) is 15.1. The summed E-state index contributed by atoms with van der Waals surface area (Å²) in [6.07, 6.45) is 2.34. The Kier molecular flexibility index (Phi) is 6.77. The summed E-state index contributed by atoms with van der Waals surface area (Å²) in [6.45, 7) is 4.59. The molecule has 0 bridgehead atoms. The van der Waals surface area contributed by atoms with E-state index < -0.39 is 22.0 Å². The van der Waals surface area contributed by atoms with Gasteiger partial charge in [-0.1, -0.05) is 26.0 Å². The lowest BCUT2D eigenvalue weighted by atomic mass is 10.0. The number of sulfonamides is 1. The van der Waals surface area contributed by atoms with E-state index >= 15 is 0 Å². The van der Waals surface area contributed by atoms with Crippen molar-refractivity contribution in [2.24, 2.45) is 5.92 Å². The Morgan fingerprint density at radius 1 is 1.15 bits per heavy atom. The fourth-order valence-electron chi connectivity index (χ4n) is 2.92. The van der Waals surface area contributed by atoms with Crippen molar-refractivity contribution < 1.29 is 23.1 Å². The van der Waals surface area contributed by atoms with Gasteiger partial charge in [0, 0.05) is 19.5 Å². The Hall–Kier alpha value is -1.93. The van der Waals surface area contributed by atoms with Gasteiger partial charge in [-0.05, 0) is 42.9 Å². The molecule has 1 heterocycles. The maximum atomic E-state index is 12.5. The highest BCUT2D eigenvalue weighted by Crippen LogP contribution is 2.21. The smallest absolute Gasteiger partial charge is 0.326 e. The Bertz CT molecular complexity index is 737. The molecule has 1 aromatic rings. The number of aryl methyl sites for hydroxylation is 1. The van der Waals surface area contributed by atoms with Crippen molar-refractivity contribution >= 4 is 21.9 Å². The van der Waals surface area contributed by atoms with Gasteiger partial charge in [0.15, 0.2) is 0 Å². The van der Waals surface area contributed by atoms with E-state index in [1.54, 1.807) is 38.1 Å². The standard InChI is InChI=1S/C18H26N2O5S/c1-13(2)17(18(22)23)19-16(21)10-7-14-5-8-15(9-6-14)26(24,25)20-11-3-4-12-20/h5-6,8-9,13,17H,3-4,7,10-12H2,1-2H3,(H,19,21)(H,22,23)/t17-/m1/s1. The van der Waals surface area contributed by atoms with Crippen molar-refractivity contribution in [2.45, 2.75) is 50.5 Å². The third kappa shape index (κ3) is 5.04. The first-order valence-corrected chi connectivity index (χ1v) is 10.3. The number of nitrogens with zero attached hydrogens (tertiary/aromatic N) is 1. The molecule has 1 amide bonds. The number of carboxylic acid groups (broad SMARTS) is 1. The van der Waals surface area contributed by atoms with Crippen molar-refractivity contribution in [2.75, 3.05) is 13.1 Å². The first kappa shape index (κ1) is 20.4. The molecule has 1 fully saturated rings. The van der Waals surface area contributed by atoms with Gasteiger partial charge in [-0.15, -0.1) is 0 Å². The van der Waals surface area contributed by atoms with Crippen LogP contribution >= 0.6 is 0 Å². The molecule has 1 aromatic carbocycles. The zero-order chi connectivity index (χ0) is 19.3. The minimum absolute atomic E-state index is 0.148. The average molecular weight is 382 g/mol. The van der Waals surface area contributed by atoms with Gasteiger partial charge in [-0.3, -0.25) is 4.79 Å². The van der Waals surface area contributed by atoms with Gasteiger partial charge in [-0.25, -0.2) is 13.2 Å². The van der Waals surface area contributed by atoms with Crippen molar-refractivity contribution in [3.8, 4) is 0 Å². The van der Waals surface area contributed by atoms with Crippen molar-refractivity contribution in [3.63, 3.8) is 0 Å². The lowest BCUT2D eigenvalue weighted by Crippen LogP contribution is -2.44. The van der Waals surface area contributed by atoms with Gasteiger partial charge >= 0.3 is 5.97 Å². The zero-order valence-corrected chi connectivity index (χ0v) is 16.0. The Morgan fingerprint density at radius 3 is 2.23 bits per heavy atom. The summed E-state index contributed by atoms with van der Waals surface area (Å²) >= 11 is 0. The second-order valence-corrected chi connectivity index (χ2v) is 8.82. The summed E-state index contributed by atoms with van der Waals surface area (Å²) in [5, 5.41) is 11.6. The van der Waals surface area contributed by atoms with Crippen LogP contribution in [0.1, 0.15) is 38.7 Å². The summed E-state index contributed by atoms with van der Waals surface area (Å²) in [6, 6.07) is 5.63. The van der Waals surface area contributed by atoms with Crippen molar-refractivity contribution in [1.82, 2.24) is 9.62 Å².